The Hall–Kier alpha value is -3.02. The van der Waals surface area contributed by atoms with Gasteiger partial charge in [0.25, 0.3) is 5.91 Å². The number of carbonyl (C=O) groups is 1. The number of anilines is 1. The zero-order valence-corrected chi connectivity index (χ0v) is 17.0. The lowest BCUT2D eigenvalue weighted by molar-refractivity contribution is -0.118. The minimum atomic E-state index is -0.272. The number of aromatic nitrogens is 2. The molecule has 146 valence electrons. The van der Waals surface area contributed by atoms with Crippen LogP contribution in [-0.2, 0) is 4.79 Å². The Balaban J connectivity index is 1.42. The first-order valence-corrected chi connectivity index (χ1v) is 9.69. The molecule has 7 heteroatoms. The molecule has 0 fully saturated rings. The molecule has 3 aromatic carbocycles. The molecule has 0 atom stereocenters. The highest BCUT2D eigenvalue weighted by atomic mass is 35.5. The molecule has 0 bridgehead atoms. The molecule has 5 nitrogen and oxygen atoms in total. The summed E-state index contributed by atoms with van der Waals surface area (Å²) in [6.45, 7) is 1.82. The molecule has 0 aliphatic rings. The number of rotatable bonds is 5. The van der Waals surface area contributed by atoms with Crippen molar-refractivity contribution in [2.45, 2.75) is 6.92 Å². The van der Waals surface area contributed by atoms with E-state index in [1.54, 1.807) is 24.3 Å². The Kier molecular flexibility index (Phi) is 5.43. The fourth-order valence-electron chi connectivity index (χ4n) is 2.89. The van der Waals surface area contributed by atoms with Gasteiger partial charge in [0.1, 0.15) is 11.6 Å². The fourth-order valence-corrected chi connectivity index (χ4v) is 3.24. The first kappa shape index (κ1) is 19.3. The molecule has 0 unspecified atom stereocenters. The lowest BCUT2D eigenvalue weighted by Crippen LogP contribution is -2.20. The van der Waals surface area contributed by atoms with Gasteiger partial charge in [-0.15, -0.1) is 0 Å². The third-order valence-electron chi connectivity index (χ3n) is 4.40. The highest BCUT2D eigenvalue weighted by Gasteiger charge is 2.09. The Labute approximate surface area is 177 Å². The van der Waals surface area contributed by atoms with Crippen molar-refractivity contribution in [2.24, 2.45) is 0 Å². The van der Waals surface area contributed by atoms with E-state index in [4.69, 9.17) is 27.9 Å². The highest BCUT2D eigenvalue weighted by molar-refractivity contribution is 6.32. The molecule has 0 saturated carbocycles. The average molecular weight is 426 g/mol. The number of H-pyrrole nitrogens is 1. The number of benzene rings is 3. The van der Waals surface area contributed by atoms with Gasteiger partial charge in [0, 0.05) is 16.3 Å². The standard InChI is InChI=1S/C22H17Cl2N3O2/c1-13-10-18-19(11-17(13)24)27-22(26-18)14-6-8-15(9-7-14)25-21(28)12-29-20-5-3-2-4-16(20)23/h2-11H,12H2,1H3,(H,25,28)(H,26,27). The summed E-state index contributed by atoms with van der Waals surface area (Å²) in [6.07, 6.45) is 0. The van der Waals surface area contributed by atoms with Gasteiger partial charge < -0.3 is 15.0 Å². The van der Waals surface area contributed by atoms with Gasteiger partial charge in [-0.3, -0.25) is 4.79 Å². The number of para-hydroxylation sites is 1. The molecule has 29 heavy (non-hydrogen) atoms. The van der Waals surface area contributed by atoms with Crippen molar-refractivity contribution in [3.8, 4) is 17.1 Å². The number of fused-ring (bicyclic) bond motifs is 1. The van der Waals surface area contributed by atoms with Crippen LogP contribution < -0.4 is 10.1 Å². The first-order chi connectivity index (χ1) is 14.0. The molecule has 2 N–H and O–H groups in total. The smallest absolute Gasteiger partial charge is 0.262 e. The normalized spacial score (nSPS) is 10.9. The quantitative estimate of drug-likeness (QED) is 0.420. The maximum Gasteiger partial charge on any atom is 0.262 e. The summed E-state index contributed by atoms with van der Waals surface area (Å²) in [5.41, 5.74) is 4.30. The topological polar surface area (TPSA) is 67.0 Å². The van der Waals surface area contributed by atoms with Crippen LogP contribution in [-0.4, -0.2) is 22.5 Å². The predicted octanol–water partition coefficient (Wildman–Crippen LogP) is 5.86. The number of nitrogens with one attached hydrogen (secondary N) is 2. The van der Waals surface area contributed by atoms with Crippen LogP contribution in [0, 0.1) is 6.92 Å². The van der Waals surface area contributed by atoms with Gasteiger partial charge in [0.2, 0.25) is 0 Å². The summed E-state index contributed by atoms with van der Waals surface area (Å²) in [4.78, 5) is 20.0. The lowest BCUT2D eigenvalue weighted by atomic mass is 10.2. The van der Waals surface area contributed by atoms with E-state index in [2.05, 4.69) is 15.3 Å². The molecule has 4 rings (SSSR count). The first-order valence-electron chi connectivity index (χ1n) is 8.93. The van der Waals surface area contributed by atoms with Crippen molar-refractivity contribution in [1.29, 1.82) is 0 Å². The van der Waals surface area contributed by atoms with Crippen LogP contribution in [0.5, 0.6) is 5.75 Å². The van der Waals surface area contributed by atoms with Crippen LogP contribution in [0.25, 0.3) is 22.4 Å². The average Bonchev–Trinajstić information content (AvgIpc) is 3.11. The molecule has 1 heterocycles. The molecule has 1 aromatic heterocycles. The van der Waals surface area contributed by atoms with Crippen LogP contribution in [0.2, 0.25) is 10.0 Å². The second kappa shape index (κ2) is 8.15. The summed E-state index contributed by atoms with van der Waals surface area (Å²) < 4.78 is 5.45. The molecule has 1 amide bonds. The number of carbonyl (C=O) groups excluding carboxylic acids is 1. The fraction of sp³-hybridized carbons (Fsp3) is 0.0909. The van der Waals surface area contributed by atoms with Crippen LogP contribution in [0.15, 0.2) is 60.7 Å². The number of nitrogens with zero attached hydrogens (tertiary/aromatic N) is 1. The van der Waals surface area contributed by atoms with Gasteiger partial charge in [0.05, 0.1) is 16.1 Å². The van der Waals surface area contributed by atoms with Crippen LogP contribution >= 0.6 is 23.2 Å². The Morgan fingerprint density at radius 2 is 1.83 bits per heavy atom. The van der Waals surface area contributed by atoms with E-state index in [1.807, 2.05) is 43.3 Å². The minimum Gasteiger partial charge on any atom is -0.482 e. The third kappa shape index (κ3) is 4.36. The summed E-state index contributed by atoms with van der Waals surface area (Å²) >= 11 is 12.2. The van der Waals surface area contributed by atoms with Gasteiger partial charge in [-0.1, -0.05) is 35.3 Å². The monoisotopic (exact) mass is 425 g/mol. The van der Waals surface area contributed by atoms with Gasteiger partial charge in [-0.05, 0) is 61.0 Å². The highest BCUT2D eigenvalue weighted by Crippen LogP contribution is 2.26. The van der Waals surface area contributed by atoms with Crippen LogP contribution in [0.4, 0.5) is 5.69 Å². The van der Waals surface area contributed by atoms with Crippen molar-refractivity contribution < 1.29 is 9.53 Å². The second-order valence-electron chi connectivity index (χ2n) is 6.55. The summed E-state index contributed by atoms with van der Waals surface area (Å²) in [7, 11) is 0. The van der Waals surface area contributed by atoms with Crippen molar-refractivity contribution in [2.75, 3.05) is 11.9 Å². The largest absolute Gasteiger partial charge is 0.482 e. The number of amides is 1. The minimum absolute atomic E-state index is 0.130. The molecular formula is C22H17Cl2N3O2. The summed E-state index contributed by atoms with van der Waals surface area (Å²) in [5.74, 6) is 0.938. The number of ether oxygens (including phenoxy) is 1. The van der Waals surface area contributed by atoms with E-state index < -0.39 is 0 Å². The van der Waals surface area contributed by atoms with E-state index in [-0.39, 0.29) is 12.5 Å². The zero-order valence-electron chi connectivity index (χ0n) is 15.5. The van der Waals surface area contributed by atoms with Crippen molar-refractivity contribution >= 4 is 45.8 Å². The maximum atomic E-state index is 12.1. The molecule has 0 aliphatic heterocycles. The molecule has 0 saturated heterocycles. The maximum absolute atomic E-state index is 12.1. The third-order valence-corrected chi connectivity index (χ3v) is 5.12. The molecule has 4 aromatic rings. The van der Waals surface area contributed by atoms with E-state index in [0.717, 1.165) is 28.0 Å². The van der Waals surface area contributed by atoms with Crippen LogP contribution in [0.3, 0.4) is 0 Å². The molecular weight excluding hydrogens is 409 g/mol. The number of aromatic amines is 1. The Bertz CT molecular complexity index is 1150. The van der Waals surface area contributed by atoms with Gasteiger partial charge in [-0.2, -0.15) is 0 Å². The predicted molar refractivity (Wildman–Crippen MR) is 117 cm³/mol. The second-order valence-corrected chi connectivity index (χ2v) is 7.36. The summed E-state index contributed by atoms with van der Waals surface area (Å²) in [6, 6.07) is 18.2. The van der Waals surface area contributed by atoms with Crippen molar-refractivity contribution in [1.82, 2.24) is 9.97 Å². The van der Waals surface area contributed by atoms with Crippen molar-refractivity contribution in [3.05, 3.63) is 76.3 Å². The SMILES string of the molecule is Cc1cc2[nH]c(-c3ccc(NC(=O)COc4ccccc4Cl)cc3)nc2cc1Cl. The van der Waals surface area contributed by atoms with E-state index >= 15 is 0 Å². The van der Waals surface area contributed by atoms with Crippen LogP contribution in [0.1, 0.15) is 5.56 Å². The molecule has 0 radical (unpaired) electrons. The van der Waals surface area contributed by atoms with E-state index in [9.17, 15) is 4.79 Å². The molecule has 0 aliphatic carbocycles. The summed E-state index contributed by atoms with van der Waals surface area (Å²) in [5, 5.41) is 3.95. The molecule has 0 spiro atoms. The number of imidazole rings is 1. The van der Waals surface area contributed by atoms with E-state index in [0.29, 0.717) is 21.5 Å². The Morgan fingerprint density at radius 1 is 1.07 bits per heavy atom. The van der Waals surface area contributed by atoms with Crippen molar-refractivity contribution in [3.63, 3.8) is 0 Å². The lowest BCUT2D eigenvalue weighted by Gasteiger charge is -2.09. The number of hydrogen-bond acceptors (Lipinski definition) is 3. The zero-order chi connectivity index (χ0) is 20.4. The number of hydrogen-bond donors (Lipinski definition) is 2. The van der Waals surface area contributed by atoms with E-state index in [1.165, 1.54) is 0 Å². The Morgan fingerprint density at radius 3 is 2.59 bits per heavy atom. The van der Waals surface area contributed by atoms with Gasteiger partial charge in [0.15, 0.2) is 6.61 Å². The number of aryl methyl sites for hydroxylation is 1. The number of halogens is 2. The van der Waals surface area contributed by atoms with Gasteiger partial charge in [-0.25, -0.2) is 4.98 Å². The van der Waals surface area contributed by atoms with Gasteiger partial charge >= 0.3 is 0 Å².